The second kappa shape index (κ2) is 10.1. The van der Waals surface area contributed by atoms with Crippen molar-refractivity contribution in [1.29, 1.82) is 0 Å². The summed E-state index contributed by atoms with van der Waals surface area (Å²) in [5.74, 6) is 0.711. The van der Waals surface area contributed by atoms with Gasteiger partial charge in [-0.1, -0.05) is 6.92 Å². The van der Waals surface area contributed by atoms with E-state index >= 15 is 0 Å². The first-order valence-corrected chi connectivity index (χ1v) is 11.8. The highest BCUT2D eigenvalue weighted by Gasteiger charge is 2.27. The zero-order valence-corrected chi connectivity index (χ0v) is 18.9. The van der Waals surface area contributed by atoms with Gasteiger partial charge in [-0.05, 0) is 55.9 Å². The molecule has 1 aliphatic heterocycles. The molecule has 0 bridgehead atoms. The Kier molecular flexibility index (Phi) is 7.53. The third kappa shape index (κ3) is 5.36. The fourth-order valence-corrected chi connectivity index (χ4v) is 4.85. The number of benzene rings is 2. The zero-order chi connectivity index (χ0) is 22.4. The largest absolute Gasteiger partial charge is 0.493 e. The summed E-state index contributed by atoms with van der Waals surface area (Å²) in [5.41, 5.74) is 0.915. The lowest BCUT2D eigenvalue weighted by Crippen LogP contribution is -2.48. The molecule has 1 amide bonds. The van der Waals surface area contributed by atoms with Crippen LogP contribution in [0.3, 0.4) is 0 Å². The SMILES string of the molecule is CCOc1ccc(C(=O)Nc2ccc(S(=O)(=O)N3CCN(CC)CC3)cc2)cc1OC. The predicted octanol–water partition coefficient (Wildman–Crippen LogP) is 2.67. The zero-order valence-electron chi connectivity index (χ0n) is 18.1. The molecule has 0 saturated carbocycles. The maximum atomic E-state index is 12.9. The van der Waals surface area contributed by atoms with Crippen molar-refractivity contribution in [2.75, 3.05) is 51.8 Å². The number of carbonyl (C=O) groups excluding carboxylic acids is 1. The predicted molar refractivity (Wildman–Crippen MR) is 119 cm³/mol. The molecule has 0 spiro atoms. The summed E-state index contributed by atoms with van der Waals surface area (Å²) in [5, 5.41) is 2.78. The molecule has 0 atom stereocenters. The number of amides is 1. The van der Waals surface area contributed by atoms with Crippen molar-refractivity contribution in [2.45, 2.75) is 18.7 Å². The molecule has 168 valence electrons. The van der Waals surface area contributed by atoms with Crippen LogP contribution in [0.15, 0.2) is 47.4 Å². The number of sulfonamides is 1. The van der Waals surface area contributed by atoms with Crippen molar-refractivity contribution in [2.24, 2.45) is 0 Å². The first-order valence-electron chi connectivity index (χ1n) is 10.3. The fraction of sp³-hybridized carbons (Fsp3) is 0.409. The van der Waals surface area contributed by atoms with Gasteiger partial charge in [-0.15, -0.1) is 0 Å². The first-order chi connectivity index (χ1) is 14.9. The number of hydrogen-bond donors (Lipinski definition) is 1. The van der Waals surface area contributed by atoms with E-state index in [0.29, 0.717) is 42.4 Å². The number of likely N-dealkylation sites (N-methyl/N-ethyl adjacent to an activating group) is 1. The number of methoxy groups -OCH3 is 1. The van der Waals surface area contributed by atoms with Gasteiger partial charge in [0.1, 0.15) is 0 Å². The second-order valence-electron chi connectivity index (χ2n) is 7.12. The minimum atomic E-state index is -3.55. The smallest absolute Gasteiger partial charge is 0.255 e. The van der Waals surface area contributed by atoms with Gasteiger partial charge in [0.2, 0.25) is 10.0 Å². The number of ether oxygens (including phenoxy) is 2. The lowest BCUT2D eigenvalue weighted by Gasteiger charge is -2.33. The Hall–Kier alpha value is -2.62. The van der Waals surface area contributed by atoms with Crippen LogP contribution in [0.2, 0.25) is 0 Å². The summed E-state index contributed by atoms with van der Waals surface area (Å²) in [6.45, 7) is 7.77. The number of rotatable bonds is 8. The van der Waals surface area contributed by atoms with Gasteiger partial charge in [0, 0.05) is 37.4 Å². The Morgan fingerprint density at radius 3 is 2.26 bits per heavy atom. The van der Waals surface area contributed by atoms with Crippen molar-refractivity contribution >= 4 is 21.6 Å². The average Bonchev–Trinajstić information content (AvgIpc) is 2.80. The van der Waals surface area contributed by atoms with Crippen LogP contribution in [0.5, 0.6) is 11.5 Å². The molecule has 1 heterocycles. The van der Waals surface area contributed by atoms with Gasteiger partial charge in [-0.2, -0.15) is 4.31 Å². The quantitative estimate of drug-likeness (QED) is 0.669. The van der Waals surface area contributed by atoms with E-state index in [0.717, 1.165) is 19.6 Å². The number of nitrogens with zero attached hydrogens (tertiary/aromatic N) is 2. The van der Waals surface area contributed by atoms with E-state index in [1.54, 1.807) is 30.3 Å². The number of nitrogens with one attached hydrogen (secondary N) is 1. The monoisotopic (exact) mass is 447 g/mol. The normalized spacial score (nSPS) is 15.5. The van der Waals surface area contributed by atoms with E-state index in [2.05, 4.69) is 17.1 Å². The molecule has 0 aromatic heterocycles. The van der Waals surface area contributed by atoms with Gasteiger partial charge in [-0.25, -0.2) is 8.42 Å². The van der Waals surface area contributed by atoms with Gasteiger partial charge in [0.25, 0.3) is 5.91 Å². The Morgan fingerprint density at radius 1 is 1.00 bits per heavy atom. The summed E-state index contributed by atoms with van der Waals surface area (Å²) in [6.07, 6.45) is 0. The maximum Gasteiger partial charge on any atom is 0.255 e. The summed E-state index contributed by atoms with van der Waals surface area (Å²) >= 11 is 0. The molecule has 1 N–H and O–H groups in total. The van der Waals surface area contributed by atoms with E-state index in [1.807, 2.05) is 6.92 Å². The topological polar surface area (TPSA) is 88.2 Å². The van der Waals surface area contributed by atoms with Gasteiger partial charge in [0.05, 0.1) is 18.6 Å². The Labute approximate surface area is 183 Å². The van der Waals surface area contributed by atoms with Crippen LogP contribution in [0.25, 0.3) is 0 Å². The van der Waals surface area contributed by atoms with E-state index in [9.17, 15) is 13.2 Å². The van der Waals surface area contributed by atoms with Crippen LogP contribution < -0.4 is 14.8 Å². The molecule has 9 heteroatoms. The average molecular weight is 448 g/mol. The molecule has 0 radical (unpaired) electrons. The van der Waals surface area contributed by atoms with Gasteiger partial charge in [-0.3, -0.25) is 4.79 Å². The van der Waals surface area contributed by atoms with Crippen LogP contribution in [0.1, 0.15) is 24.2 Å². The second-order valence-corrected chi connectivity index (χ2v) is 9.05. The Morgan fingerprint density at radius 2 is 1.68 bits per heavy atom. The van der Waals surface area contributed by atoms with E-state index < -0.39 is 10.0 Å². The van der Waals surface area contributed by atoms with E-state index in [-0.39, 0.29) is 10.8 Å². The van der Waals surface area contributed by atoms with Crippen molar-refractivity contribution in [3.05, 3.63) is 48.0 Å². The minimum absolute atomic E-state index is 0.221. The third-order valence-corrected chi connectivity index (χ3v) is 7.17. The molecule has 0 aliphatic carbocycles. The molecular formula is C22H29N3O5S. The summed E-state index contributed by atoms with van der Waals surface area (Å²) in [4.78, 5) is 15.0. The highest BCUT2D eigenvalue weighted by atomic mass is 32.2. The molecule has 1 saturated heterocycles. The standard InChI is InChI=1S/C22H29N3O5S/c1-4-24-12-14-25(15-13-24)31(27,28)19-9-7-18(8-10-19)23-22(26)17-6-11-20(30-5-2)21(16-17)29-3/h6-11,16H,4-5,12-15H2,1-3H3,(H,23,26). The molecule has 0 unspecified atom stereocenters. The highest BCUT2D eigenvalue weighted by molar-refractivity contribution is 7.89. The lowest BCUT2D eigenvalue weighted by molar-refractivity contribution is 0.102. The van der Waals surface area contributed by atoms with Crippen molar-refractivity contribution < 1.29 is 22.7 Å². The van der Waals surface area contributed by atoms with E-state index in [1.165, 1.54) is 23.5 Å². The lowest BCUT2D eigenvalue weighted by atomic mass is 10.2. The molecular weight excluding hydrogens is 418 g/mol. The Balaban J connectivity index is 1.68. The molecule has 1 aliphatic rings. The molecule has 2 aromatic rings. The van der Waals surface area contributed by atoms with Gasteiger partial charge < -0.3 is 19.7 Å². The third-order valence-electron chi connectivity index (χ3n) is 5.25. The van der Waals surface area contributed by atoms with Crippen LogP contribution in [-0.2, 0) is 10.0 Å². The summed E-state index contributed by atoms with van der Waals surface area (Å²) < 4.78 is 38.0. The number of anilines is 1. The van der Waals surface area contributed by atoms with Crippen LogP contribution in [0.4, 0.5) is 5.69 Å². The minimum Gasteiger partial charge on any atom is -0.493 e. The van der Waals surface area contributed by atoms with Crippen molar-refractivity contribution in [3.8, 4) is 11.5 Å². The first kappa shape index (κ1) is 23.1. The van der Waals surface area contributed by atoms with Crippen LogP contribution in [0, 0.1) is 0 Å². The van der Waals surface area contributed by atoms with Crippen LogP contribution in [-0.4, -0.2) is 70.0 Å². The Bertz CT molecular complexity index is 1000. The highest BCUT2D eigenvalue weighted by Crippen LogP contribution is 2.28. The van der Waals surface area contributed by atoms with Gasteiger partial charge >= 0.3 is 0 Å². The number of piperazine rings is 1. The van der Waals surface area contributed by atoms with Crippen molar-refractivity contribution in [3.63, 3.8) is 0 Å². The molecule has 3 rings (SSSR count). The maximum absolute atomic E-state index is 12.9. The number of carbonyl (C=O) groups is 1. The summed E-state index contributed by atoms with van der Waals surface area (Å²) in [6, 6.07) is 11.2. The molecule has 8 nitrogen and oxygen atoms in total. The molecule has 31 heavy (non-hydrogen) atoms. The molecule has 1 fully saturated rings. The fourth-order valence-electron chi connectivity index (χ4n) is 3.43. The van der Waals surface area contributed by atoms with Crippen molar-refractivity contribution in [1.82, 2.24) is 9.21 Å². The molecule has 2 aromatic carbocycles. The van der Waals surface area contributed by atoms with Crippen LogP contribution >= 0.6 is 0 Å². The summed E-state index contributed by atoms with van der Waals surface area (Å²) in [7, 11) is -2.03. The number of hydrogen-bond acceptors (Lipinski definition) is 6. The van der Waals surface area contributed by atoms with Gasteiger partial charge in [0.15, 0.2) is 11.5 Å². The van der Waals surface area contributed by atoms with E-state index in [4.69, 9.17) is 9.47 Å².